The lowest BCUT2D eigenvalue weighted by molar-refractivity contribution is 0.0603. The molecule has 1 rings (SSSR count). The van der Waals surface area contributed by atoms with Gasteiger partial charge in [-0.15, -0.1) is 0 Å². The van der Waals surface area contributed by atoms with Crippen LogP contribution in [0.15, 0.2) is 42.5 Å². The van der Waals surface area contributed by atoms with Crippen molar-refractivity contribution in [2.75, 3.05) is 0 Å². The van der Waals surface area contributed by atoms with E-state index < -0.39 is 5.60 Å². The normalized spacial score (nSPS) is 16.3. The molecule has 0 radical (unpaired) electrons. The molecule has 1 aromatic rings. The summed E-state index contributed by atoms with van der Waals surface area (Å²) in [4.78, 5) is 0. The number of aliphatic hydroxyl groups is 1. The molecule has 0 bridgehead atoms. The van der Waals surface area contributed by atoms with Gasteiger partial charge < -0.3 is 5.11 Å². The first kappa shape index (κ1) is 13.0. The van der Waals surface area contributed by atoms with Crippen molar-refractivity contribution in [3.8, 4) is 0 Å². The molecule has 0 fully saturated rings. The molecule has 0 aliphatic rings. The molecule has 0 spiro atoms. The number of rotatable bonds is 3. The highest BCUT2D eigenvalue weighted by Gasteiger charge is 2.20. The van der Waals surface area contributed by atoms with Crippen molar-refractivity contribution < 1.29 is 5.11 Å². The van der Waals surface area contributed by atoms with Gasteiger partial charge in [-0.05, 0) is 24.3 Å². The molecule has 1 atom stereocenters. The predicted octanol–water partition coefficient (Wildman–Crippen LogP) is 3.89. The smallest absolute Gasteiger partial charge is 0.0902 e. The Labute approximate surface area is 98.8 Å². The molecule has 1 aromatic carbocycles. The Morgan fingerprint density at radius 1 is 1.06 bits per heavy atom. The van der Waals surface area contributed by atoms with Gasteiger partial charge in [0.25, 0.3) is 0 Å². The summed E-state index contributed by atoms with van der Waals surface area (Å²) < 4.78 is 0. The van der Waals surface area contributed by atoms with Crippen molar-refractivity contribution in [2.24, 2.45) is 5.41 Å². The van der Waals surface area contributed by atoms with Gasteiger partial charge in [-0.25, -0.2) is 0 Å². The van der Waals surface area contributed by atoms with E-state index in [4.69, 9.17) is 0 Å². The molecular formula is C15H22O. The van der Waals surface area contributed by atoms with Crippen LogP contribution in [0.5, 0.6) is 0 Å². The molecule has 0 saturated heterocycles. The molecule has 0 saturated carbocycles. The minimum absolute atomic E-state index is 0.173. The van der Waals surface area contributed by atoms with Gasteiger partial charge in [-0.1, -0.05) is 63.3 Å². The van der Waals surface area contributed by atoms with Crippen LogP contribution in [-0.4, -0.2) is 5.11 Å². The maximum atomic E-state index is 10.3. The Kier molecular flexibility index (Phi) is 3.93. The van der Waals surface area contributed by atoms with Crippen molar-refractivity contribution >= 4 is 0 Å². The van der Waals surface area contributed by atoms with E-state index in [0.29, 0.717) is 6.42 Å². The minimum Gasteiger partial charge on any atom is -0.385 e. The van der Waals surface area contributed by atoms with Gasteiger partial charge in [0.1, 0.15) is 0 Å². The number of allylic oxidation sites excluding steroid dienone is 1. The summed E-state index contributed by atoms with van der Waals surface area (Å²) in [5, 5.41) is 10.3. The van der Waals surface area contributed by atoms with Gasteiger partial charge in [0.15, 0.2) is 0 Å². The van der Waals surface area contributed by atoms with Crippen molar-refractivity contribution in [3.63, 3.8) is 0 Å². The lowest BCUT2D eigenvalue weighted by Crippen LogP contribution is -2.20. The highest BCUT2D eigenvalue weighted by Crippen LogP contribution is 2.25. The first-order chi connectivity index (χ1) is 7.31. The summed E-state index contributed by atoms with van der Waals surface area (Å²) in [6, 6.07) is 9.80. The Morgan fingerprint density at radius 2 is 1.62 bits per heavy atom. The summed E-state index contributed by atoms with van der Waals surface area (Å²) in [7, 11) is 0. The zero-order chi connectivity index (χ0) is 12.2. The quantitative estimate of drug-likeness (QED) is 0.763. The first-order valence-corrected chi connectivity index (χ1v) is 5.77. The van der Waals surface area contributed by atoms with Crippen LogP contribution in [0.3, 0.4) is 0 Å². The second-order valence-corrected chi connectivity index (χ2v) is 5.61. The van der Waals surface area contributed by atoms with Crippen LogP contribution in [0, 0.1) is 5.41 Å². The fourth-order valence-corrected chi connectivity index (χ4v) is 1.56. The van der Waals surface area contributed by atoms with E-state index in [1.807, 2.05) is 37.3 Å². The SMILES string of the molecule is CC(C)(C)/C=C/CC(C)(O)c1ccccc1. The molecule has 88 valence electrons. The number of benzene rings is 1. The van der Waals surface area contributed by atoms with E-state index >= 15 is 0 Å². The molecule has 1 unspecified atom stereocenters. The van der Waals surface area contributed by atoms with Crippen molar-refractivity contribution in [3.05, 3.63) is 48.0 Å². The van der Waals surface area contributed by atoms with Crippen LogP contribution in [0.1, 0.15) is 39.7 Å². The topological polar surface area (TPSA) is 20.2 Å². The molecular weight excluding hydrogens is 196 g/mol. The maximum absolute atomic E-state index is 10.3. The van der Waals surface area contributed by atoms with Crippen molar-refractivity contribution in [2.45, 2.75) is 39.7 Å². The number of hydrogen-bond acceptors (Lipinski definition) is 1. The molecule has 1 nitrogen and oxygen atoms in total. The highest BCUT2D eigenvalue weighted by atomic mass is 16.3. The summed E-state index contributed by atoms with van der Waals surface area (Å²) in [5.74, 6) is 0. The average molecular weight is 218 g/mol. The maximum Gasteiger partial charge on any atom is 0.0902 e. The minimum atomic E-state index is -0.775. The second kappa shape index (κ2) is 4.84. The Morgan fingerprint density at radius 3 is 2.12 bits per heavy atom. The third-order valence-corrected chi connectivity index (χ3v) is 2.53. The Hall–Kier alpha value is -1.08. The first-order valence-electron chi connectivity index (χ1n) is 5.77. The number of hydrogen-bond donors (Lipinski definition) is 1. The highest BCUT2D eigenvalue weighted by molar-refractivity contribution is 5.22. The second-order valence-electron chi connectivity index (χ2n) is 5.61. The van der Waals surface area contributed by atoms with Gasteiger partial charge in [0.05, 0.1) is 5.60 Å². The largest absolute Gasteiger partial charge is 0.385 e. The lowest BCUT2D eigenvalue weighted by atomic mass is 9.90. The van der Waals surface area contributed by atoms with E-state index in [0.717, 1.165) is 5.56 Å². The molecule has 1 N–H and O–H groups in total. The van der Waals surface area contributed by atoms with Gasteiger partial charge in [-0.2, -0.15) is 0 Å². The molecule has 0 aliphatic heterocycles. The fraction of sp³-hybridized carbons (Fsp3) is 0.467. The summed E-state index contributed by atoms with van der Waals surface area (Å²) in [6.45, 7) is 8.32. The van der Waals surface area contributed by atoms with Gasteiger partial charge in [0.2, 0.25) is 0 Å². The zero-order valence-corrected chi connectivity index (χ0v) is 10.7. The van der Waals surface area contributed by atoms with E-state index in [1.165, 1.54) is 0 Å². The molecule has 0 amide bonds. The molecule has 0 aromatic heterocycles. The molecule has 0 heterocycles. The van der Waals surface area contributed by atoms with Gasteiger partial charge in [0, 0.05) is 0 Å². The lowest BCUT2D eigenvalue weighted by Gasteiger charge is -2.22. The van der Waals surface area contributed by atoms with Crippen LogP contribution in [0.4, 0.5) is 0 Å². The fourth-order valence-electron chi connectivity index (χ4n) is 1.56. The van der Waals surface area contributed by atoms with Crippen LogP contribution in [0.25, 0.3) is 0 Å². The molecule has 0 aliphatic carbocycles. The third-order valence-electron chi connectivity index (χ3n) is 2.53. The molecule has 1 heteroatoms. The standard InChI is InChI=1S/C15H22O/c1-14(2,3)11-8-12-15(4,16)13-9-6-5-7-10-13/h5-11,16H,12H2,1-4H3/b11-8+. The van der Waals surface area contributed by atoms with Crippen molar-refractivity contribution in [1.29, 1.82) is 0 Å². The predicted molar refractivity (Wildman–Crippen MR) is 69.2 cm³/mol. The van der Waals surface area contributed by atoms with Crippen LogP contribution in [0.2, 0.25) is 0 Å². The molecule has 16 heavy (non-hydrogen) atoms. The van der Waals surface area contributed by atoms with Gasteiger partial charge in [-0.3, -0.25) is 0 Å². The van der Waals surface area contributed by atoms with Crippen LogP contribution >= 0.6 is 0 Å². The van der Waals surface area contributed by atoms with Crippen LogP contribution in [-0.2, 0) is 5.60 Å². The van der Waals surface area contributed by atoms with Crippen LogP contribution < -0.4 is 0 Å². The summed E-state index contributed by atoms with van der Waals surface area (Å²) in [5.41, 5.74) is 0.365. The van der Waals surface area contributed by atoms with Crippen molar-refractivity contribution in [1.82, 2.24) is 0 Å². The van der Waals surface area contributed by atoms with E-state index in [-0.39, 0.29) is 5.41 Å². The average Bonchev–Trinajstić information content (AvgIpc) is 2.17. The third kappa shape index (κ3) is 4.19. The zero-order valence-electron chi connectivity index (χ0n) is 10.7. The summed E-state index contributed by atoms with van der Waals surface area (Å²) >= 11 is 0. The van der Waals surface area contributed by atoms with E-state index in [9.17, 15) is 5.11 Å². The van der Waals surface area contributed by atoms with E-state index in [2.05, 4.69) is 32.9 Å². The summed E-state index contributed by atoms with van der Waals surface area (Å²) in [6.07, 6.45) is 4.85. The Bertz CT molecular complexity index is 341. The van der Waals surface area contributed by atoms with E-state index in [1.54, 1.807) is 0 Å². The monoisotopic (exact) mass is 218 g/mol. The van der Waals surface area contributed by atoms with Gasteiger partial charge >= 0.3 is 0 Å². The Balaban J connectivity index is 2.70.